The first-order valence-electron chi connectivity index (χ1n) is 6.56. The molecule has 0 aliphatic carbocycles. The molecular weight excluding hydrogens is 240 g/mol. The maximum Gasteiger partial charge on any atom is 0.205 e. The molecule has 19 heavy (non-hydrogen) atoms. The maximum atomic E-state index is 5.44. The van der Waals surface area contributed by atoms with Crippen LogP contribution in [0.3, 0.4) is 0 Å². The molecule has 0 radical (unpaired) electrons. The summed E-state index contributed by atoms with van der Waals surface area (Å²) < 4.78 is 4.98. The molecule has 106 valence electrons. The second kappa shape index (κ2) is 9.35. The summed E-state index contributed by atoms with van der Waals surface area (Å²) >= 11 is 0. The lowest BCUT2D eigenvalue weighted by molar-refractivity contribution is 0.195. The van der Waals surface area contributed by atoms with Crippen LogP contribution in [0.5, 0.6) is 0 Å². The highest BCUT2D eigenvalue weighted by Gasteiger charge is 2.04. The number of hydrazine groups is 1. The van der Waals surface area contributed by atoms with E-state index in [-0.39, 0.29) is 0 Å². The van der Waals surface area contributed by atoms with Gasteiger partial charge in [-0.2, -0.15) is 0 Å². The van der Waals surface area contributed by atoms with Crippen LogP contribution in [0.1, 0.15) is 24.8 Å². The van der Waals surface area contributed by atoms with Gasteiger partial charge in [0.15, 0.2) is 0 Å². The van der Waals surface area contributed by atoms with Crippen LogP contribution in [0.25, 0.3) is 0 Å². The molecule has 1 rings (SSSR count). The Bertz CT molecular complexity index is 367. The van der Waals surface area contributed by atoms with E-state index >= 15 is 0 Å². The molecule has 5 nitrogen and oxygen atoms in total. The van der Waals surface area contributed by atoms with Crippen LogP contribution in [-0.4, -0.2) is 32.8 Å². The van der Waals surface area contributed by atoms with Crippen molar-refractivity contribution in [3.63, 3.8) is 0 Å². The highest BCUT2D eigenvalue weighted by Crippen LogP contribution is 2.14. The molecule has 0 saturated heterocycles. The first kappa shape index (κ1) is 15.5. The van der Waals surface area contributed by atoms with E-state index in [1.165, 1.54) is 5.56 Å². The van der Waals surface area contributed by atoms with Gasteiger partial charge in [-0.3, -0.25) is 10.4 Å². The van der Waals surface area contributed by atoms with Gasteiger partial charge in [-0.05, 0) is 12.0 Å². The minimum atomic E-state index is 0.366. The average molecular weight is 264 g/mol. The Morgan fingerprint density at radius 1 is 1.37 bits per heavy atom. The molecule has 0 amide bonds. The Kier molecular flexibility index (Phi) is 7.62. The Morgan fingerprint density at radius 3 is 2.74 bits per heavy atom. The van der Waals surface area contributed by atoms with Gasteiger partial charge in [0, 0.05) is 32.7 Å². The summed E-state index contributed by atoms with van der Waals surface area (Å²) in [5.41, 5.74) is 3.86. The number of hydrogen-bond acceptors (Lipinski definition) is 3. The van der Waals surface area contributed by atoms with Crippen LogP contribution in [0.2, 0.25) is 0 Å². The van der Waals surface area contributed by atoms with Crippen molar-refractivity contribution in [1.82, 2.24) is 10.7 Å². The highest BCUT2D eigenvalue weighted by atomic mass is 16.5. The topological polar surface area (TPSA) is 71.7 Å². The van der Waals surface area contributed by atoms with Crippen molar-refractivity contribution < 1.29 is 4.74 Å². The zero-order chi connectivity index (χ0) is 13.9. The molecule has 1 aromatic carbocycles. The highest BCUT2D eigenvalue weighted by molar-refractivity contribution is 5.79. The molecule has 0 aromatic heterocycles. The minimum Gasteiger partial charge on any atom is -0.385 e. The van der Waals surface area contributed by atoms with Crippen molar-refractivity contribution in [3.05, 3.63) is 35.9 Å². The van der Waals surface area contributed by atoms with Crippen molar-refractivity contribution in [2.75, 3.05) is 26.8 Å². The van der Waals surface area contributed by atoms with Crippen LogP contribution >= 0.6 is 0 Å². The van der Waals surface area contributed by atoms with Gasteiger partial charge in [0.05, 0.1) is 0 Å². The molecule has 1 unspecified atom stereocenters. The molecule has 4 N–H and O–H groups in total. The molecule has 0 bridgehead atoms. The second-order valence-electron chi connectivity index (χ2n) is 4.42. The lowest BCUT2D eigenvalue weighted by Gasteiger charge is -2.12. The van der Waals surface area contributed by atoms with Crippen molar-refractivity contribution in [2.45, 2.75) is 19.3 Å². The van der Waals surface area contributed by atoms with Gasteiger partial charge in [-0.1, -0.05) is 37.3 Å². The molecule has 5 heteroatoms. The lowest BCUT2D eigenvalue weighted by Crippen LogP contribution is -2.42. The van der Waals surface area contributed by atoms with Crippen LogP contribution in [0.4, 0.5) is 0 Å². The van der Waals surface area contributed by atoms with Crippen LogP contribution in [-0.2, 0) is 4.74 Å². The summed E-state index contributed by atoms with van der Waals surface area (Å²) in [5.74, 6) is 6.43. The third kappa shape index (κ3) is 6.22. The Morgan fingerprint density at radius 2 is 2.11 bits per heavy atom. The zero-order valence-corrected chi connectivity index (χ0v) is 11.7. The first-order valence-corrected chi connectivity index (χ1v) is 6.56. The Labute approximate surface area is 115 Å². The quantitative estimate of drug-likeness (QED) is 0.228. The third-order valence-corrected chi connectivity index (χ3v) is 2.85. The number of ether oxygens (including phenoxy) is 1. The van der Waals surface area contributed by atoms with Gasteiger partial charge in [-0.25, -0.2) is 5.84 Å². The number of rotatable bonds is 7. The van der Waals surface area contributed by atoms with Gasteiger partial charge in [0.1, 0.15) is 0 Å². The number of aliphatic imine (C=N–C) groups is 1. The van der Waals surface area contributed by atoms with E-state index < -0.39 is 0 Å². The molecule has 0 saturated carbocycles. The SMILES string of the molecule is COCCCNC(=NCC(C)c1ccccc1)NN. The summed E-state index contributed by atoms with van der Waals surface area (Å²) in [6, 6.07) is 10.3. The molecule has 0 aliphatic rings. The normalized spacial score (nSPS) is 13.1. The van der Waals surface area contributed by atoms with Gasteiger partial charge in [-0.15, -0.1) is 0 Å². The van der Waals surface area contributed by atoms with Gasteiger partial charge in [0.2, 0.25) is 5.96 Å². The molecule has 0 aliphatic heterocycles. The minimum absolute atomic E-state index is 0.366. The summed E-state index contributed by atoms with van der Waals surface area (Å²) in [6.07, 6.45) is 0.922. The monoisotopic (exact) mass is 264 g/mol. The number of nitrogens with one attached hydrogen (secondary N) is 2. The predicted octanol–water partition coefficient (Wildman–Crippen LogP) is 1.24. The summed E-state index contributed by atoms with van der Waals surface area (Å²) in [4.78, 5) is 4.44. The van der Waals surface area contributed by atoms with Crippen LogP contribution in [0.15, 0.2) is 35.3 Å². The van der Waals surface area contributed by atoms with Crippen LogP contribution < -0.4 is 16.6 Å². The van der Waals surface area contributed by atoms with Gasteiger partial charge >= 0.3 is 0 Å². The van der Waals surface area contributed by atoms with Gasteiger partial charge in [0.25, 0.3) is 0 Å². The predicted molar refractivity (Wildman–Crippen MR) is 79.0 cm³/mol. The molecule has 0 spiro atoms. The molecule has 1 atom stereocenters. The summed E-state index contributed by atoms with van der Waals surface area (Å²) in [6.45, 7) is 4.36. The maximum absolute atomic E-state index is 5.44. The van der Waals surface area contributed by atoms with E-state index in [2.05, 4.69) is 34.8 Å². The zero-order valence-electron chi connectivity index (χ0n) is 11.7. The molecule has 1 aromatic rings. The number of nitrogens with zero attached hydrogens (tertiary/aromatic N) is 1. The third-order valence-electron chi connectivity index (χ3n) is 2.85. The number of benzene rings is 1. The Balaban J connectivity index is 2.39. The smallest absolute Gasteiger partial charge is 0.205 e. The van der Waals surface area contributed by atoms with Crippen molar-refractivity contribution in [2.24, 2.45) is 10.8 Å². The number of nitrogens with two attached hydrogens (primary N) is 1. The van der Waals surface area contributed by atoms with E-state index in [1.807, 2.05) is 18.2 Å². The molecular formula is C14H24N4O. The number of methoxy groups -OCH3 is 1. The van der Waals surface area contributed by atoms with E-state index in [1.54, 1.807) is 7.11 Å². The summed E-state index contributed by atoms with van der Waals surface area (Å²) in [7, 11) is 1.69. The second-order valence-corrected chi connectivity index (χ2v) is 4.42. The van der Waals surface area contributed by atoms with Crippen molar-refractivity contribution >= 4 is 5.96 Å². The number of guanidine groups is 1. The van der Waals surface area contributed by atoms with Crippen LogP contribution in [0, 0.1) is 0 Å². The van der Waals surface area contributed by atoms with Crippen molar-refractivity contribution in [1.29, 1.82) is 0 Å². The van der Waals surface area contributed by atoms with E-state index in [0.29, 0.717) is 18.4 Å². The largest absolute Gasteiger partial charge is 0.385 e. The first-order chi connectivity index (χ1) is 9.27. The van der Waals surface area contributed by atoms with E-state index in [9.17, 15) is 0 Å². The standard InChI is InChI=1S/C14H24N4O/c1-12(13-7-4-3-5-8-13)11-17-14(18-15)16-9-6-10-19-2/h3-5,7-8,12H,6,9-11,15H2,1-2H3,(H2,16,17,18). The van der Waals surface area contributed by atoms with Gasteiger partial charge < -0.3 is 10.1 Å². The summed E-state index contributed by atoms with van der Waals surface area (Å²) in [5, 5.41) is 3.14. The lowest BCUT2D eigenvalue weighted by atomic mass is 10.0. The fraction of sp³-hybridized carbons (Fsp3) is 0.500. The molecule has 0 heterocycles. The molecule has 0 fully saturated rings. The number of hydrogen-bond donors (Lipinski definition) is 3. The van der Waals surface area contributed by atoms with Crippen molar-refractivity contribution in [3.8, 4) is 0 Å². The van der Waals surface area contributed by atoms with E-state index in [0.717, 1.165) is 19.6 Å². The fourth-order valence-corrected chi connectivity index (χ4v) is 1.69. The van der Waals surface area contributed by atoms with E-state index in [4.69, 9.17) is 10.6 Å². The average Bonchev–Trinajstić information content (AvgIpc) is 2.47. The fourth-order valence-electron chi connectivity index (χ4n) is 1.69. The Hall–Kier alpha value is -1.59.